The third kappa shape index (κ3) is 3.76. The average Bonchev–Trinajstić information content (AvgIpc) is 3.47. The van der Waals surface area contributed by atoms with E-state index >= 15 is 0 Å². The molecule has 5 aromatic rings. The zero-order valence-corrected chi connectivity index (χ0v) is 19.3. The SMILES string of the molecule is O=c1c2ccccc2nc(SCc2cc(=O)n3c(n2)sc2ccccc23)n1C[C@@H]1CCCO1. The van der Waals surface area contributed by atoms with Crippen LogP contribution in [0, 0.1) is 0 Å². The van der Waals surface area contributed by atoms with Crippen molar-refractivity contribution in [3.63, 3.8) is 0 Å². The van der Waals surface area contributed by atoms with Gasteiger partial charge in [-0.3, -0.25) is 18.6 Å². The van der Waals surface area contributed by atoms with Gasteiger partial charge in [0.05, 0.1) is 39.5 Å². The summed E-state index contributed by atoms with van der Waals surface area (Å²) in [6.45, 7) is 1.20. The van der Waals surface area contributed by atoms with Crippen LogP contribution in [0.3, 0.4) is 0 Å². The summed E-state index contributed by atoms with van der Waals surface area (Å²) < 4.78 is 10.2. The standard InChI is InChI=1S/C24H20N4O3S2/c29-21-12-15(25-24-28(21)19-9-3-4-10-20(19)33-24)14-32-23-26-18-8-2-1-7-17(18)22(30)27(23)13-16-6-5-11-31-16/h1-4,7-10,12,16H,5-6,11,13-14H2/t16-/m0/s1. The van der Waals surface area contributed by atoms with Gasteiger partial charge in [-0.15, -0.1) is 0 Å². The van der Waals surface area contributed by atoms with Crippen LogP contribution in [-0.4, -0.2) is 31.6 Å². The fourth-order valence-corrected chi connectivity index (χ4v) is 6.20. The minimum absolute atomic E-state index is 0.0164. The second-order valence-electron chi connectivity index (χ2n) is 8.02. The largest absolute Gasteiger partial charge is 0.376 e. The van der Waals surface area contributed by atoms with Crippen LogP contribution in [0.5, 0.6) is 0 Å². The monoisotopic (exact) mass is 476 g/mol. The molecule has 33 heavy (non-hydrogen) atoms. The molecule has 0 aliphatic carbocycles. The van der Waals surface area contributed by atoms with E-state index in [1.807, 2.05) is 48.5 Å². The fourth-order valence-electron chi connectivity index (χ4n) is 4.25. The number of aromatic nitrogens is 4. The van der Waals surface area contributed by atoms with Gasteiger partial charge in [0.2, 0.25) is 0 Å². The van der Waals surface area contributed by atoms with E-state index in [-0.39, 0.29) is 17.2 Å². The Labute approximate surface area is 196 Å². The highest BCUT2D eigenvalue weighted by atomic mass is 32.2. The third-order valence-corrected chi connectivity index (χ3v) is 7.87. The van der Waals surface area contributed by atoms with E-state index in [9.17, 15) is 9.59 Å². The van der Waals surface area contributed by atoms with Gasteiger partial charge in [-0.1, -0.05) is 47.4 Å². The van der Waals surface area contributed by atoms with Crippen molar-refractivity contribution in [2.24, 2.45) is 0 Å². The van der Waals surface area contributed by atoms with Crippen LogP contribution in [0.15, 0.2) is 69.3 Å². The quantitative estimate of drug-likeness (QED) is 0.281. The number of benzene rings is 2. The van der Waals surface area contributed by atoms with Crippen molar-refractivity contribution in [2.45, 2.75) is 36.4 Å². The van der Waals surface area contributed by atoms with Crippen LogP contribution in [0.25, 0.3) is 26.1 Å². The van der Waals surface area contributed by atoms with Gasteiger partial charge in [0.15, 0.2) is 10.1 Å². The normalized spacial score (nSPS) is 16.3. The molecular formula is C24H20N4O3S2. The Bertz CT molecular complexity index is 1620. The first kappa shape index (κ1) is 20.6. The zero-order valence-electron chi connectivity index (χ0n) is 17.6. The number of ether oxygens (including phenoxy) is 1. The second-order valence-corrected chi connectivity index (χ2v) is 9.98. The molecule has 6 rings (SSSR count). The minimum atomic E-state index is -0.101. The molecule has 0 radical (unpaired) electrons. The number of fused-ring (bicyclic) bond motifs is 4. The molecule has 1 saturated heterocycles. The van der Waals surface area contributed by atoms with E-state index < -0.39 is 0 Å². The number of hydrogen-bond acceptors (Lipinski definition) is 7. The van der Waals surface area contributed by atoms with Gasteiger partial charge in [-0.05, 0) is 37.1 Å². The van der Waals surface area contributed by atoms with Crippen LogP contribution in [0.4, 0.5) is 0 Å². The molecule has 0 bridgehead atoms. The van der Waals surface area contributed by atoms with Crippen molar-refractivity contribution in [3.05, 3.63) is 81.0 Å². The maximum Gasteiger partial charge on any atom is 0.262 e. The first-order valence-electron chi connectivity index (χ1n) is 10.8. The second kappa shape index (κ2) is 8.40. The first-order chi connectivity index (χ1) is 16.2. The maximum absolute atomic E-state index is 13.3. The minimum Gasteiger partial charge on any atom is -0.376 e. The molecule has 4 heterocycles. The number of rotatable bonds is 5. The van der Waals surface area contributed by atoms with Crippen molar-refractivity contribution in [1.82, 2.24) is 18.9 Å². The molecule has 2 aromatic carbocycles. The lowest BCUT2D eigenvalue weighted by Crippen LogP contribution is -2.28. The predicted octanol–water partition coefficient (Wildman–Crippen LogP) is 4.09. The van der Waals surface area contributed by atoms with Crippen LogP contribution >= 0.6 is 23.1 Å². The molecule has 9 heteroatoms. The molecule has 166 valence electrons. The molecular weight excluding hydrogens is 456 g/mol. The predicted molar refractivity (Wildman–Crippen MR) is 131 cm³/mol. The first-order valence-corrected chi connectivity index (χ1v) is 12.6. The summed E-state index contributed by atoms with van der Waals surface area (Å²) >= 11 is 2.92. The van der Waals surface area contributed by atoms with Gasteiger partial charge in [0, 0.05) is 18.4 Å². The highest BCUT2D eigenvalue weighted by Crippen LogP contribution is 2.26. The van der Waals surface area contributed by atoms with Crippen molar-refractivity contribution in [1.29, 1.82) is 0 Å². The number of para-hydroxylation sites is 2. The number of hydrogen-bond donors (Lipinski definition) is 0. The van der Waals surface area contributed by atoms with E-state index in [0.29, 0.717) is 39.0 Å². The average molecular weight is 477 g/mol. The van der Waals surface area contributed by atoms with Gasteiger partial charge in [0.25, 0.3) is 11.1 Å². The molecule has 1 aliphatic heterocycles. The maximum atomic E-state index is 13.3. The van der Waals surface area contributed by atoms with Gasteiger partial charge >= 0.3 is 0 Å². The molecule has 0 N–H and O–H groups in total. The highest BCUT2D eigenvalue weighted by molar-refractivity contribution is 7.98. The highest BCUT2D eigenvalue weighted by Gasteiger charge is 2.20. The van der Waals surface area contributed by atoms with Crippen molar-refractivity contribution >= 4 is 49.2 Å². The molecule has 1 atom stereocenters. The molecule has 0 unspecified atom stereocenters. The Morgan fingerprint density at radius 1 is 1.09 bits per heavy atom. The van der Waals surface area contributed by atoms with E-state index in [2.05, 4.69) is 0 Å². The topological polar surface area (TPSA) is 78.5 Å². The molecule has 1 aliphatic rings. The number of nitrogens with zero attached hydrogens (tertiary/aromatic N) is 4. The Morgan fingerprint density at radius 3 is 2.82 bits per heavy atom. The van der Waals surface area contributed by atoms with E-state index in [1.165, 1.54) is 23.1 Å². The van der Waals surface area contributed by atoms with Gasteiger partial charge in [0.1, 0.15) is 0 Å². The van der Waals surface area contributed by atoms with E-state index in [4.69, 9.17) is 14.7 Å². The summed E-state index contributed by atoms with van der Waals surface area (Å²) in [5.74, 6) is 0.441. The van der Waals surface area contributed by atoms with Crippen LogP contribution in [-0.2, 0) is 17.0 Å². The Morgan fingerprint density at radius 2 is 1.94 bits per heavy atom. The number of thioether (sulfide) groups is 1. The number of thiazole rings is 1. The fraction of sp³-hybridized carbons (Fsp3) is 0.250. The van der Waals surface area contributed by atoms with Gasteiger partial charge in [-0.25, -0.2) is 9.97 Å². The lowest BCUT2D eigenvalue weighted by Gasteiger charge is -2.16. The van der Waals surface area contributed by atoms with E-state index in [0.717, 1.165) is 29.7 Å². The lowest BCUT2D eigenvalue weighted by molar-refractivity contribution is 0.0937. The van der Waals surface area contributed by atoms with Crippen LogP contribution < -0.4 is 11.1 Å². The van der Waals surface area contributed by atoms with Crippen molar-refractivity contribution in [2.75, 3.05) is 6.61 Å². The van der Waals surface area contributed by atoms with Gasteiger partial charge in [-0.2, -0.15) is 0 Å². The van der Waals surface area contributed by atoms with E-state index in [1.54, 1.807) is 15.0 Å². The summed E-state index contributed by atoms with van der Waals surface area (Å²) in [5, 5.41) is 1.22. The molecule has 0 amide bonds. The van der Waals surface area contributed by atoms with Crippen LogP contribution in [0.1, 0.15) is 18.5 Å². The third-order valence-electron chi connectivity index (χ3n) is 5.83. The molecule has 0 saturated carbocycles. The summed E-state index contributed by atoms with van der Waals surface area (Å²) in [5.41, 5.74) is 2.04. The molecule has 3 aromatic heterocycles. The summed E-state index contributed by atoms with van der Waals surface area (Å²) in [6, 6.07) is 16.8. The zero-order chi connectivity index (χ0) is 22.4. The molecule has 1 fully saturated rings. The molecule has 0 spiro atoms. The van der Waals surface area contributed by atoms with Crippen LogP contribution in [0.2, 0.25) is 0 Å². The Kier molecular flexibility index (Phi) is 5.24. The summed E-state index contributed by atoms with van der Waals surface area (Å²) in [7, 11) is 0. The van der Waals surface area contributed by atoms with Crippen molar-refractivity contribution in [3.8, 4) is 0 Å². The molecule has 7 nitrogen and oxygen atoms in total. The summed E-state index contributed by atoms with van der Waals surface area (Å²) in [6.07, 6.45) is 1.96. The van der Waals surface area contributed by atoms with Crippen molar-refractivity contribution < 1.29 is 4.74 Å². The summed E-state index contributed by atoms with van der Waals surface area (Å²) in [4.78, 5) is 36.3. The smallest absolute Gasteiger partial charge is 0.262 e. The van der Waals surface area contributed by atoms with Gasteiger partial charge < -0.3 is 4.74 Å². The lowest BCUT2D eigenvalue weighted by atomic mass is 10.2. The Hall–Kier alpha value is -3.01. The Balaban J connectivity index is 1.38.